The first-order valence-electron chi connectivity index (χ1n) is 6.68. The molecule has 1 saturated heterocycles. The SMILES string of the molecule is CN(C(=O)COC(=O)c1ccccc1Cl)[C@H]1CCS(=O)(=O)C1. The van der Waals surface area contributed by atoms with Crippen molar-refractivity contribution in [1.82, 2.24) is 4.90 Å². The van der Waals surface area contributed by atoms with Crippen LogP contribution in [-0.2, 0) is 19.4 Å². The zero-order valence-corrected chi connectivity index (χ0v) is 13.6. The van der Waals surface area contributed by atoms with Crippen molar-refractivity contribution in [2.75, 3.05) is 25.2 Å². The minimum absolute atomic E-state index is 0.0479. The summed E-state index contributed by atoms with van der Waals surface area (Å²) in [6.45, 7) is -0.447. The van der Waals surface area contributed by atoms with E-state index < -0.39 is 28.3 Å². The largest absolute Gasteiger partial charge is 0.452 e. The van der Waals surface area contributed by atoms with E-state index in [2.05, 4.69) is 0 Å². The first kappa shape index (κ1) is 16.8. The number of esters is 1. The molecule has 0 saturated carbocycles. The number of sulfone groups is 1. The Morgan fingerprint density at radius 2 is 2.05 bits per heavy atom. The van der Waals surface area contributed by atoms with Gasteiger partial charge in [0.15, 0.2) is 16.4 Å². The number of hydrogen-bond acceptors (Lipinski definition) is 5. The van der Waals surface area contributed by atoms with Crippen molar-refractivity contribution in [3.05, 3.63) is 34.9 Å². The number of hydrogen-bond donors (Lipinski definition) is 0. The predicted octanol–water partition coefficient (Wildman–Crippen LogP) is 1.14. The molecule has 0 radical (unpaired) electrons. The summed E-state index contributed by atoms with van der Waals surface area (Å²) >= 11 is 5.87. The molecule has 120 valence electrons. The van der Waals surface area contributed by atoms with E-state index in [1.165, 1.54) is 18.0 Å². The lowest BCUT2D eigenvalue weighted by molar-refractivity contribution is -0.134. The molecule has 22 heavy (non-hydrogen) atoms. The molecule has 0 N–H and O–H groups in total. The molecule has 1 aromatic carbocycles. The number of carbonyl (C=O) groups is 2. The van der Waals surface area contributed by atoms with Gasteiger partial charge in [0.2, 0.25) is 0 Å². The van der Waals surface area contributed by atoms with E-state index in [1.807, 2.05) is 0 Å². The molecule has 0 aromatic heterocycles. The normalized spacial score (nSPS) is 19.6. The molecule has 1 fully saturated rings. The zero-order valence-electron chi connectivity index (χ0n) is 12.0. The van der Waals surface area contributed by atoms with Crippen LogP contribution in [0.5, 0.6) is 0 Å². The molecule has 0 aliphatic carbocycles. The summed E-state index contributed by atoms with van der Waals surface area (Å²) in [7, 11) is -1.56. The summed E-state index contributed by atoms with van der Waals surface area (Å²) in [6, 6.07) is 6.01. The molecule has 8 heteroatoms. The third-order valence-electron chi connectivity index (χ3n) is 3.57. The van der Waals surface area contributed by atoms with Crippen LogP contribution in [0.1, 0.15) is 16.8 Å². The van der Waals surface area contributed by atoms with Gasteiger partial charge in [-0.3, -0.25) is 4.79 Å². The maximum atomic E-state index is 12.0. The van der Waals surface area contributed by atoms with Crippen molar-refractivity contribution < 1.29 is 22.7 Å². The molecule has 6 nitrogen and oxygen atoms in total. The predicted molar refractivity (Wildman–Crippen MR) is 81.6 cm³/mol. The summed E-state index contributed by atoms with van der Waals surface area (Å²) in [5, 5.41) is 0.246. The number of rotatable bonds is 4. The molecular weight excluding hydrogens is 330 g/mol. The molecule has 1 aromatic rings. The number of ether oxygens (including phenoxy) is 1. The molecule has 1 atom stereocenters. The van der Waals surface area contributed by atoms with Crippen molar-refractivity contribution in [2.45, 2.75) is 12.5 Å². The second-order valence-corrected chi connectivity index (χ2v) is 7.75. The Morgan fingerprint density at radius 3 is 2.64 bits per heavy atom. The van der Waals surface area contributed by atoms with Crippen LogP contribution in [0.25, 0.3) is 0 Å². The van der Waals surface area contributed by atoms with Crippen molar-refractivity contribution in [2.24, 2.45) is 0 Å². The van der Waals surface area contributed by atoms with Crippen LogP contribution < -0.4 is 0 Å². The third-order valence-corrected chi connectivity index (χ3v) is 5.65. The number of likely N-dealkylation sites (N-methyl/N-ethyl adjacent to an activating group) is 1. The van der Waals surface area contributed by atoms with Gasteiger partial charge in [0.25, 0.3) is 5.91 Å². The van der Waals surface area contributed by atoms with Gasteiger partial charge in [-0.05, 0) is 18.6 Å². The van der Waals surface area contributed by atoms with E-state index >= 15 is 0 Å². The fourth-order valence-corrected chi connectivity index (χ4v) is 4.21. The number of benzene rings is 1. The molecule has 0 bridgehead atoms. The van der Waals surface area contributed by atoms with Crippen LogP contribution in [0.2, 0.25) is 5.02 Å². The van der Waals surface area contributed by atoms with Gasteiger partial charge in [-0.25, -0.2) is 13.2 Å². The molecule has 1 heterocycles. The average Bonchev–Trinajstić information content (AvgIpc) is 2.84. The average molecular weight is 346 g/mol. The van der Waals surface area contributed by atoms with Crippen molar-refractivity contribution in [3.63, 3.8) is 0 Å². The summed E-state index contributed by atoms with van der Waals surface area (Å²) < 4.78 is 27.8. The highest BCUT2D eigenvalue weighted by atomic mass is 35.5. The Hall–Kier alpha value is -1.60. The maximum Gasteiger partial charge on any atom is 0.340 e. The topological polar surface area (TPSA) is 80.8 Å². The monoisotopic (exact) mass is 345 g/mol. The zero-order chi connectivity index (χ0) is 16.3. The van der Waals surface area contributed by atoms with Gasteiger partial charge in [0.1, 0.15) is 0 Å². The van der Waals surface area contributed by atoms with Crippen molar-refractivity contribution in [3.8, 4) is 0 Å². The van der Waals surface area contributed by atoms with Gasteiger partial charge in [-0.15, -0.1) is 0 Å². The van der Waals surface area contributed by atoms with Crippen LogP contribution in [0.4, 0.5) is 0 Å². The number of carbonyl (C=O) groups excluding carboxylic acids is 2. The van der Waals surface area contributed by atoms with E-state index in [1.54, 1.807) is 18.2 Å². The Morgan fingerprint density at radius 1 is 1.36 bits per heavy atom. The van der Waals surface area contributed by atoms with Gasteiger partial charge in [0, 0.05) is 13.1 Å². The number of halogens is 1. The summed E-state index contributed by atoms with van der Waals surface area (Å²) in [6.07, 6.45) is 0.406. The third kappa shape index (κ3) is 3.98. The van der Waals surface area contributed by atoms with Crippen molar-refractivity contribution >= 4 is 33.3 Å². The highest BCUT2D eigenvalue weighted by Gasteiger charge is 2.32. The van der Waals surface area contributed by atoms with E-state index in [4.69, 9.17) is 16.3 Å². The van der Waals surface area contributed by atoms with Crippen LogP contribution in [0.15, 0.2) is 24.3 Å². The number of nitrogens with zero attached hydrogens (tertiary/aromatic N) is 1. The molecule has 0 spiro atoms. The minimum Gasteiger partial charge on any atom is -0.452 e. The van der Waals surface area contributed by atoms with Gasteiger partial charge >= 0.3 is 5.97 Å². The molecule has 1 aliphatic rings. The smallest absolute Gasteiger partial charge is 0.340 e. The van der Waals surface area contributed by atoms with Crippen LogP contribution >= 0.6 is 11.6 Å². The Kier molecular flexibility index (Phi) is 5.08. The Bertz CT molecular complexity index is 688. The summed E-state index contributed by atoms with van der Waals surface area (Å²) in [5.74, 6) is -1.10. The summed E-state index contributed by atoms with van der Waals surface area (Å²) in [5.41, 5.74) is 0.183. The molecule has 2 rings (SSSR count). The van der Waals surface area contributed by atoms with E-state index in [0.717, 1.165) is 0 Å². The van der Waals surface area contributed by atoms with Crippen LogP contribution in [-0.4, -0.2) is 56.4 Å². The second-order valence-electron chi connectivity index (χ2n) is 5.12. The first-order valence-corrected chi connectivity index (χ1v) is 8.88. The van der Waals surface area contributed by atoms with E-state index in [0.29, 0.717) is 6.42 Å². The molecule has 1 aliphatic heterocycles. The van der Waals surface area contributed by atoms with Crippen LogP contribution in [0.3, 0.4) is 0 Å². The van der Waals surface area contributed by atoms with E-state index in [9.17, 15) is 18.0 Å². The second kappa shape index (κ2) is 6.66. The van der Waals surface area contributed by atoms with Gasteiger partial charge in [-0.1, -0.05) is 23.7 Å². The lowest BCUT2D eigenvalue weighted by atomic mass is 10.2. The van der Waals surface area contributed by atoms with E-state index in [-0.39, 0.29) is 28.1 Å². The quantitative estimate of drug-likeness (QED) is 0.764. The Labute approximate surface area is 133 Å². The molecular formula is C14H16ClNO5S. The standard InChI is InChI=1S/C14H16ClNO5S/c1-16(10-6-7-22(19,20)9-10)13(17)8-21-14(18)11-4-2-3-5-12(11)15/h2-5,10H,6-9H2,1H3/t10-/m0/s1. The molecule has 1 amide bonds. The highest BCUT2D eigenvalue weighted by molar-refractivity contribution is 7.91. The first-order chi connectivity index (χ1) is 10.3. The minimum atomic E-state index is -3.07. The fraction of sp³-hybridized carbons (Fsp3) is 0.429. The lowest BCUT2D eigenvalue weighted by Gasteiger charge is -2.23. The Balaban J connectivity index is 1.90. The summed E-state index contributed by atoms with van der Waals surface area (Å²) in [4.78, 5) is 25.2. The van der Waals surface area contributed by atoms with Gasteiger partial charge in [0.05, 0.1) is 22.1 Å². The highest BCUT2D eigenvalue weighted by Crippen LogP contribution is 2.18. The van der Waals surface area contributed by atoms with Gasteiger partial charge < -0.3 is 9.64 Å². The number of amides is 1. The molecule has 0 unspecified atom stereocenters. The fourth-order valence-electron chi connectivity index (χ4n) is 2.22. The lowest BCUT2D eigenvalue weighted by Crippen LogP contribution is -2.40. The van der Waals surface area contributed by atoms with Gasteiger partial charge in [-0.2, -0.15) is 0 Å². The van der Waals surface area contributed by atoms with Crippen LogP contribution in [0, 0.1) is 0 Å². The van der Waals surface area contributed by atoms with Crippen molar-refractivity contribution in [1.29, 1.82) is 0 Å². The maximum absolute atomic E-state index is 12.0.